The lowest BCUT2D eigenvalue weighted by molar-refractivity contribution is -0.124. The molecule has 1 heterocycles. The lowest BCUT2D eigenvalue weighted by atomic mass is 10.1. The number of aryl methyl sites for hydroxylation is 1. The van der Waals surface area contributed by atoms with Gasteiger partial charge >= 0.3 is 0 Å². The Bertz CT molecular complexity index is 748. The van der Waals surface area contributed by atoms with E-state index >= 15 is 0 Å². The second-order valence-corrected chi connectivity index (χ2v) is 7.08. The molecule has 0 spiro atoms. The summed E-state index contributed by atoms with van der Waals surface area (Å²) < 4.78 is 11.1. The highest BCUT2D eigenvalue weighted by Crippen LogP contribution is 2.22. The number of halogens is 1. The number of benzene rings is 2. The molecule has 0 aliphatic carbocycles. The van der Waals surface area contributed by atoms with E-state index in [9.17, 15) is 4.79 Å². The lowest BCUT2D eigenvalue weighted by Crippen LogP contribution is -2.44. The van der Waals surface area contributed by atoms with E-state index in [4.69, 9.17) is 21.1 Å². The van der Waals surface area contributed by atoms with E-state index in [0.717, 1.165) is 44.0 Å². The van der Waals surface area contributed by atoms with Gasteiger partial charge in [-0.25, -0.2) is 0 Å². The second kappa shape index (κ2) is 9.74. The highest BCUT2D eigenvalue weighted by atomic mass is 35.5. The normalized spacial score (nSPS) is 15.9. The number of hydrogen-bond acceptors (Lipinski definition) is 4. The van der Waals surface area contributed by atoms with Crippen molar-refractivity contribution in [2.24, 2.45) is 0 Å². The van der Waals surface area contributed by atoms with Crippen molar-refractivity contribution < 1.29 is 14.3 Å². The quantitative estimate of drug-likeness (QED) is 0.791. The van der Waals surface area contributed by atoms with Gasteiger partial charge in [0.2, 0.25) is 0 Å². The summed E-state index contributed by atoms with van der Waals surface area (Å²) in [6.45, 7) is 5.83. The van der Waals surface area contributed by atoms with Crippen LogP contribution in [0.15, 0.2) is 48.5 Å². The number of amides is 1. The van der Waals surface area contributed by atoms with Gasteiger partial charge in [-0.05, 0) is 36.2 Å². The minimum atomic E-state index is -0.147. The topological polar surface area (TPSA) is 50.8 Å². The Kier molecular flexibility index (Phi) is 7.10. The Balaban J connectivity index is 1.61. The summed E-state index contributed by atoms with van der Waals surface area (Å²) in [4.78, 5) is 14.8. The summed E-state index contributed by atoms with van der Waals surface area (Å²) in [5.74, 6) is 0.519. The molecule has 1 N–H and O–H groups in total. The molecule has 1 aliphatic rings. The second-order valence-electron chi connectivity index (χ2n) is 6.64. The molecule has 0 bridgehead atoms. The Morgan fingerprint density at radius 1 is 1.22 bits per heavy atom. The van der Waals surface area contributed by atoms with Crippen LogP contribution >= 0.6 is 11.6 Å². The third-order valence-corrected chi connectivity index (χ3v) is 4.81. The van der Waals surface area contributed by atoms with Crippen molar-refractivity contribution in [2.75, 3.05) is 39.5 Å². The average molecular weight is 389 g/mol. The molecule has 1 aliphatic heterocycles. The Hall–Kier alpha value is -2.08. The maximum atomic E-state index is 12.5. The predicted molar refractivity (Wildman–Crippen MR) is 106 cm³/mol. The molecule has 6 heteroatoms. The third kappa shape index (κ3) is 5.96. The number of carbonyl (C=O) groups excluding carboxylic acids is 1. The van der Waals surface area contributed by atoms with Gasteiger partial charge in [-0.2, -0.15) is 0 Å². The first-order valence-corrected chi connectivity index (χ1v) is 9.53. The fourth-order valence-electron chi connectivity index (χ4n) is 3.12. The molecule has 1 amide bonds. The number of hydrogen-bond donors (Lipinski definition) is 1. The molecule has 2 aromatic carbocycles. The number of rotatable bonds is 7. The summed E-state index contributed by atoms with van der Waals surface area (Å²) in [6.07, 6.45) is 0. The molecule has 5 nitrogen and oxygen atoms in total. The van der Waals surface area contributed by atoms with Gasteiger partial charge in [0.05, 0.1) is 19.3 Å². The number of nitrogens with one attached hydrogen (secondary N) is 1. The van der Waals surface area contributed by atoms with Crippen molar-refractivity contribution >= 4 is 17.5 Å². The average Bonchev–Trinajstić information content (AvgIpc) is 2.68. The number of morpholine rings is 1. The fourth-order valence-corrected chi connectivity index (χ4v) is 3.34. The van der Waals surface area contributed by atoms with Gasteiger partial charge in [0, 0.05) is 24.7 Å². The smallest absolute Gasteiger partial charge is 0.258 e. The molecule has 1 atom stereocenters. The van der Waals surface area contributed by atoms with Gasteiger partial charge in [0.1, 0.15) is 5.75 Å². The van der Waals surface area contributed by atoms with E-state index in [0.29, 0.717) is 10.8 Å². The van der Waals surface area contributed by atoms with Gasteiger partial charge in [-0.1, -0.05) is 41.9 Å². The zero-order valence-electron chi connectivity index (χ0n) is 15.5. The third-order valence-electron chi connectivity index (χ3n) is 4.58. The van der Waals surface area contributed by atoms with Gasteiger partial charge in [-0.3, -0.25) is 9.69 Å². The first-order valence-electron chi connectivity index (χ1n) is 9.15. The first kappa shape index (κ1) is 19.7. The minimum Gasteiger partial charge on any atom is -0.484 e. The van der Waals surface area contributed by atoms with Gasteiger partial charge in [0.15, 0.2) is 6.61 Å². The highest BCUT2D eigenvalue weighted by molar-refractivity contribution is 6.30. The van der Waals surface area contributed by atoms with Crippen molar-refractivity contribution in [1.82, 2.24) is 10.2 Å². The monoisotopic (exact) mass is 388 g/mol. The van der Waals surface area contributed by atoms with Crippen molar-refractivity contribution in [3.05, 3.63) is 64.7 Å². The van der Waals surface area contributed by atoms with Crippen LogP contribution in [0.25, 0.3) is 0 Å². The van der Waals surface area contributed by atoms with Gasteiger partial charge in [-0.15, -0.1) is 0 Å². The van der Waals surface area contributed by atoms with E-state index in [1.165, 1.54) is 0 Å². The summed E-state index contributed by atoms with van der Waals surface area (Å²) in [5.41, 5.74) is 1.99. The molecule has 1 saturated heterocycles. The number of nitrogens with zero attached hydrogens (tertiary/aromatic N) is 1. The van der Waals surface area contributed by atoms with E-state index in [1.807, 2.05) is 43.3 Å². The molecule has 2 aromatic rings. The SMILES string of the molecule is Cc1cc(Cl)ccc1OCC(=O)N[C@@H](CN1CCOCC1)c1ccccc1. The van der Waals surface area contributed by atoms with E-state index in [1.54, 1.807) is 12.1 Å². The zero-order chi connectivity index (χ0) is 19.1. The Labute approximate surface area is 165 Å². The summed E-state index contributed by atoms with van der Waals surface area (Å²) in [5, 5.41) is 3.76. The van der Waals surface area contributed by atoms with Crippen molar-refractivity contribution in [3.63, 3.8) is 0 Å². The van der Waals surface area contributed by atoms with Crippen LogP contribution in [0.4, 0.5) is 0 Å². The van der Waals surface area contributed by atoms with E-state index in [2.05, 4.69) is 10.2 Å². The van der Waals surface area contributed by atoms with Crippen molar-refractivity contribution in [2.45, 2.75) is 13.0 Å². The molecule has 144 valence electrons. The summed E-state index contributed by atoms with van der Waals surface area (Å²) in [7, 11) is 0. The molecule has 0 unspecified atom stereocenters. The zero-order valence-corrected chi connectivity index (χ0v) is 16.2. The largest absolute Gasteiger partial charge is 0.484 e. The van der Waals surface area contributed by atoms with Crippen LogP contribution in [-0.2, 0) is 9.53 Å². The fraction of sp³-hybridized carbons (Fsp3) is 0.381. The van der Waals surface area contributed by atoms with Crippen LogP contribution in [0.2, 0.25) is 5.02 Å². The van der Waals surface area contributed by atoms with Crippen LogP contribution in [0.5, 0.6) is 5.75 Å². The van der Waals surface area contributed by atoms with Gasteiger partial charge < -0.3 is 14.8 Å². The standard InChI is InChI=1S/C21H25ClN2O3/c1-16-13-18(22)7-8-20(16)27-15-21(25)23-19(17-5-3-2-4-6-17)14-24-9-11-26-12-10-24/h2-8,13,19H,9-12,14-15H2,1H3,(H,23,25)/t19-/m0/s1. The predicted octanol–water partition coefficient (Wildman–Crippen LogP) is 3.22. The molecule has 0 saturated carbocycles. The van der Waals surface area contributed by atoms with Crippen LogP contribution in [-0.4, -0.2) is 50.3 Å². The first-order chi connectivity index (χ1) is 13.1. The van der Waals surface area contributed by atoms with E-state index in [-0.39, 0.29) is 18.6 Å². The molecule has 3 rings (SSSR count). The Morgan fingerprint density at radius 2 is 1.96 bits per heavy atom. The molecule has 1 fully saturated rings. The number of ether oxygens (including phenoxy) is 2. The van der Waals surface area contributed by atoms with Crippen LogP contribution < -0.4 is 10.1 Å². The summed E-state index contributed by atoms with van der Waals surface area (Å²) in [6, 6.07) is 15.3. The molecule has 0 radical (unpaired) electrons. The maximum Gasteiger partial charge on any atom is 0.258 e. The van der Waals surface area contributed by atoms with E-state index < -0.39 is 0 Å². The van der Waals surface area contributed by atoms with Gasteiger partial charge in [0.25, 0.3) is 5.91 Å². The molecular formula is C21H25ClN2O3. The number of carbonyl (C=O) groups is 1. The minimum absolute atomic E-state index is 0.0328. The summed E-state index contributed by atoms with van der Waals surface area (Å²) >= 11 is 5.96. The molecule has 0 aromatic heterocycles. The highest BCUT2D eigenvalue weighted by Gasteiger charge is 2.20. The van der Waals surface area contributed by atoms with Crippen LogP contribution in [0.3, 0.4) is 0 Å². The van der Waals surface area contributed by atoms with Crippen LogP contribution in [0, 0.1) is 6.92 Å². The maximum absolute atomic E-state index is 12.5. The molecule has 27 heavy (non-hydrogen) atoms. The lowest BCUT2D eigenvalue weighted by Gasteiger charge is -2.31. The van der Waals surface area contributed by atoms with Crippen molar-refractivity contribution in [1.29, 1.82) is 0 Å². The van der Waals surface area contributed by atoms with Crippen molar-refractivity contribution in [3.8, 4) is 5.75 Å². The molecular weight excluding hydrogens is 364 g/mol. The van der Waals surface area contributed by atoms with Crippen LogP contribution in [0.1, 0.15) is 17.2 Å². The Morgan fingerprint density at radius 3 is 2.67 bits per heavy atom.